The van der Waals surface area contributed by atoms with E-state index in [1.807, 2.05) is 0 Å². The molecule has 1 atom stereocenters. The molecule has 2 aliphatic heterocycles. The molecule has 0 radical (unpaired) electrons. The Balaban J connectivity index is 1.33. The molecule has 2 aliphatic rings. The van der Waals surface area contributed by atoms with Crippen LogP contribution in [0.4, 0.5) is 15.8 Å². The minimum atomic E-state index is -0.541. The molecule has 1 fully saturated rings. The lowest BCUT2D eigenvalue weighted by molar-refractivity contribution is -0.122. The van der Waals surface area contributed by atoms with Gasteiger partial charge >= 0.3 is 0 Å². The maximum atomic E-state index is 14.0. The van der Waals surface area contributed by atoms with Crippen molar-refractivity contribution in [3.05, 3.63) is 58.6 Å². The molecule has 3 heterocycles. The van der Waals surface area contributed by atoms with Gasteiger partial charge in [0.2, 0.25) is 11.8 Å². The van der Waals surface area contributed by atoms with E-state index in [2.05, 4.69) is 20.1 Å². The largest absolute Gasteiger partial charge is 0.326 e. The highest BCUT2D eigenvalue weighted by molar-refractivity contribution is 6.33. The number of hydrogen-bond donors (Lipinski definition) is 1. The van der Waals surface area contributed by atoms with Crippen LogP contribution in [0.1, 0.15) is 37.1 Å². The Kier molecular flexibility index (Phi) is 6.08. The van der Waals surface area contributed by atoms with E-state index in [1.54, 1.807) is 37.3 Å². The van der Waals surface area contributed by atoms with E-state index < -0.39 is 5.92 Å². The van der Waals surface area contributed by atoms with Crippen LogP contribution in [0.25, 0.3) is 11.4 Å². The number of amides is 2. The second-order valence-electron chi connectivity index (χ2n) is 8.92. The molecular formula is C25H25ClFN5O2. The Bertz CT molecular complexity index is 1270. The van der Waals surface area contributed by atoms with Crippen molar-refractivity contribution in [1.82, 2.24) is 14.8 Å². The summed E-state index contributed by atoms with van der Waals surface area (Å²) < 4.78 is 16.1. The Morgan fingerprint density at radius 3 is 2.82 bits per heavy atom. The number of nitrogens with one attached hydrogen (secondary N) is 1. The first kappa shape index (κ1) is 22.5. The zero-order valence-electron chi connectivity index (χ0n) is 18.9. The molecule has 0 aliphatic carbocycles. The normalized spacial score (nSPS) is 18.0. The Morgan fingerprint density at radius 1 is 1.15 bits per heavy atom. The standard InChI is InChI=1S/C25H25ClFN5O2/c1-15-6-8-18(13-21(15)27)32-14-16(11-23(32)33)25(34)28-17-7-9-20(26)19(12-17)24-30-29-22-5-3-2-4-10-31(22)24/h6-9,12-13,16H,2-5,10-11,14H2,1H3,(H,28,34). The summed E-state index contributed by atoms with van der Waals surface area (Å²) in [6.45, 7) is 2.70. The van der Waals surface area contributed by atoms with Crippen molar-refractivity contribution in [3.8, 4) is 11.4 Å². The lowest BCUT2D eigenvalue weighted by Gasteiger charge is -2.17. The summed E-state index contributed by atoms with van der Waals surface area (Å²) in [5.74, 6) is 0.262. The zero-order valence-corrected chi connectivity index (χ0v) is 19.6. The molecule has 1 saturated heterocycles. The summed E-state index contributed by atoms with van der Waals surface area (Å²) in [6.07, 6.45) is 4.26. The van der Waals surface area contributed by atoms with Gasteiger partial charge in [-0.1, -0.05) is 24.1 Å². The molecule has 5 rings (SSSR count). The van der Waals surface area contributed by atoms with Crippen molar-refractivity contribution in [1.29, 1.82) is 0 Å². The van der Waals surface area contributed by atoms with Crippen LogP contribution in [0, 0.1) is 18.7 Å². The first-order valence-corrected chi connectivity index (χ1v) is 11.9. The van der Waals surface area contributed by atoms with Gasteiger partial charge in [0, 0.05) is 42.9 Å². The Morgan fingerprint density at radius 2 is 2.00 bits per heavy atom. The van der Waals surface area contributed by atoms with Crippen LogP contribution in [0.15, 0.2) is 36.4 Å². The minimum Gasteiger partial charge on any atom is -0.326 e. The highest BCUT2D eigenvalue weighted by atomic mass is 35.5. The number of hydrogen-bond acceptors (Lipinski definition) is 4. The average Bonchev–Trinajstić information content (AvgIpc) is 3.32. The zero-order chi connectivity index (χ0) is 23.8. The molecule has 3 aromatic rings. The van der Waals surface area contributed by atoms with Crippen LogP contribution < -0.4 is 10.2 Å². The van der Waals surface area contributed by atoms with E-state index in [4.69, 9.17) is 11.6 Å². The van der Waals surface area contributed by atoms with Gasteiger partial charge in [-0.25, -0.2) is 4.39 Å². The van der Waals surface area contributed by atoms with Gasteiger partial charge in [0.15, 0.2) is 5.82 Å². The van der Waals surface area contributed by atoms with Gasteiger partial charge in [-0.2, -0.15) is 0 Å². The summed E-state index contributed by atoms with van der Waals surface area (Å²) in [7, 11) is 0. The predicted molar refractivity (Wildman–Crippen MR) is 128 cm³/mol. The Hall–Kier alpha value is -3.26. The highest BCUT2D eigenvalue weighted by Gasteiger charge is 2.35. The summed E-state index contributed by atoms with van der Waals surface area (Å²) in [6, 6.07) is 9.92. The maximum Gasteiger partial charge on any atom is 0.229 e. The molecule has 0 saturated carbocycles. The van der Waals surface area contributed by atoms with Gasteiger partial charge in [0.1, 0.15) is 11.6 Å². The molecule has 9 heteroatoms. The van der Waals surface area contributed by atoms with Gasteiger partial charge in [-0.05, 0) is 55.7 Å². The number of nitrogens with zero attached hydrogens (tertiary/aromatic N) is 4. The summed E-state index contributed by atoms with van der Waals surface area (Å²) >= 11 is 6.49. The van der Waals surface area contributed by atoms with Crippen molar-refractivity contribution >= 4 is 34.8 Å². The fourth-order valence-electron chi connectivity index (χ4n) is 4.59. The fraction of sp³-hybridized carbons (Fsp3) is 0.360. The van der Waals surface area contributed by atoms with Crippen molar-refractivity contribution in [2.45, 2.75) is 45.6 Å². The van der Waals surface area contributed by atoms with Gasteiger partial charge < -0.3 is 14.8 Å². The first-order chi connectivity index (χ1) is 16.4. The number of carbonyl (C=O) groups is 2. The molecule has 34 heavy (non-hydrogen) atoms. The first-order valence-electron chi connectivity index (χ1n) is 11.5. The molecule has 0 spiro atoms. The lowest BCUT2D eigenvalue weighted by Crippen LogP contribution is -2.28. The number of anilines is 2. The molecular weight excluding hydrogens is 457 g/mol. The quantitative estimate of drug-likeness (QED) is 0.582. The van der Waals surface area contributed by atoms with Gasteiger partial charge in [-0.3, -0.25) is 9.59 Å². The fourth-order valence-corrected chi connectivity index (χ4v) is 4.79. The van der Waals surface area contributed by atoms with E-state index in [0.29, 0.717) is 33.3 Å². The van der Waals surface area contributed by atoms with Crippen molar-refractivity contribution in [2.75, 3.05) is 16.8 Å². The number of benzene rings is 2. The van der Waals surface area contributed by atoms with Crippen LogP contribution in [0.5, 0.6) is 0 Å². The van der Waals surface area contributed by atoms with Gasteiger partial charge in [0.05, 0.1) is 10.9 Å². The number of halogens is 2. The molecule has 2 amide bonds. The van der Waals surface area contributed by atoms with Crippen LogP contribution >= 0.6 is 11.6 Å². The number of rotatable bonds is 4. The second kappa shape index (κ2) is 9.18. The van der Waals surface area contributed by atoms with E-state index in [9.17, 15) is 14.0 Å². The van der Waals surface area contributed by atoms with E-state index in [1.165, 1.54) is 11.0 Å². The molecule has 0 bridgehead atoms. The van der Waals surface area contributed by atoms with Crippen molar-refractivity contribution in [2.24, 2.45) is 5.92 Å². The third kappa shape index (κ3) is 4.30. The van der Waals surface area contributed by atoms with Crippen LogP contribution in [-0.2, 0) is 22.6 Å². The third-order valence-electron chi connectivity index (χ3n) is 6.55. The smallest absolute Gasteiger partial charge is 0.229 e. The topological polar surface area (TPSA) is 80.1 Å². The molecule has 1 unspecified atom stereocenters. The van der Waals surface area contributed by atoms with Gasteiger partial charge in [0.25, 0.3) is 0 Å². The summed E-state index contributed by atoms with van der Waals surface area (Å²) in [5.41, 5.74) is 2.25. The maximum absolute atomic E-state index is 14.0. The van der Waals surface area contributed by atoms with Crippen molar-refractivity contribution < 1.29 is 14.0 Å². The number of fused-ring (bicyclic) bond motifs is 1. The molecule has 176 valence electrons. The summed E-state index contributed by atoms with van der Waals surface area (Å²) in [4.78, 5) is 27.0. The number of aromatic nitrogens is 3. The SMILES string of the molecule is Cc1ccc(N2CC(C(=O)Nc3ccc(Cl)c(-c4nnc5n4CCCCC5)c3)CC2=O)cc1F. The second-order valence-corrected chi connectivity index (χ2v) is 9.33. The number of carbonyl (C=O) groups excluding carboxylic acids is 2. The van der Waals surface area contributed by atoms with E-state index in [-0.39, 0.29) is 30.6 Å². The molecule has 1 aromatic heterocycles. The number of aryl methyl sites for hydroxylation is 2. The minimum absolute atomic E-state index is 0.0689. The summed E-state index contributed by atoms with van der Waals surface area (Å²) in [5, 5.41) is 12.2. The molecule has 7 nitrogen and oxygen atoms in total. The third-order valence-corrected chi connectivity index (χ3v) is 6.88. The Labute approximate surface area is 201 Å². The molecule has 1 N–H and O–H groups in total. The van der Waals surface area contributed by atoms with E-state index in [0.717, 1.165) is 38.1 Å². The van der Waals surface area contributed by atoms with Crippen LogP contribution in [0.2, 0.25) is 5.02 Å². The average molecular weight is 482 g/mol. The van der Waals surface area contributed by atoms with Crippen molar-refractivity contribution in [3.63, 3.8) is 0 Å². The van der Waals surface area contributed by atoms with Crippen LogP contribution in [-0.4, -0.2) is 33.1 Å². The monoisotopic (exact) mass is 481 g/mol. The van der Waals surface area contributed by atoms with Gasteiger partial charge in [-0.15, -0.1) is 10.2 Å². The predicted octanol–water partition coefficient (Wildman–Crippen LogP) is 4.76. The van der Waals surface area contributed by atoms with Crippen LogP contribution in [0.3, 0.4) is 0 Å². The highest BCUT2D eigenvalue weighted by Crippen LogP contribution is 2.32. The van der Waals surface area contributed by atoms with E-state index >= 15 is 0 Å². The lowest BCUT2D eigenvalue weighted by atomic mass is 10.1. The molecule has 2 aromatic carbocycles.